The summed E-state index contributed by atoms with van der Waals surface area (Å²) in [6, 6.07) is 12.0. The number of quaternary nitrogens is 1. The van der Waals surface area contributed by atoms with E-state index in [1.807, 2.05) is 23.6 Å². The number of nitrogens with one attached hydrogen (secondary N) is 1. The Morgan fingerprint density at radius 1 is 1.10 bits per heavy atom. The van der Waals surface area contributed by atoms with Gasteiger partial charge in [0.05, 0.1) is 19.6 Å². The second-order valence-corrected chi connectivity index (χ2v) is 8.28. The quantitative estimate of drug-likeness (QED) is 0.311. The molecule has 0 radical (unpaired) electrons. The molecule has 0 saturated heterocycles. The lowest BCUT2D eigenvalue weighted by Gasteiger charge is -2.10. The molecule has 1 atom stereocenters. The van der Waals surface area contributed by atoms with E-state index in [0.717, 1.165) is 21.2 Å². The van der Waals surface area contributed by atoms with Gasteiger partial charge in [-0.05, 0) is 35.9 Å². The molecule has 2 aromatic carbocycles. The number of hydrogen-bond donors (Lipinski definition) is 2. The molecule has 10 heteroatoms. The highest BCUT2D eigenvalue weighted by Gasteiger charge is 2.40. The Labute approximate surface area is 191 Å². The summed E-state index contributed by atoms with van der Waals surface area (Å²) in [5, 5.41) is 21.0. The number of carbonyl (C=O) groups excluding carboxylic acids is 1. The maximum absolute atomic E-state index is 13.0. The Morgan fingerprint density at radius 2 is 1.80 bits per heavy atom. The minimum absolute atomic E-state index is 0. The third-order valence-electron chi connectivity index (χ3n) is 4.44. The van der Waals surface area contributed by atoms with Crippen LogP contribution in [-0.4, -0.2) is 25.3 Å². The van der Waals surface area contributed by atoms with Gasteiger partial charge in [-0.2, -0.15) is 5.23 Å². The maximum Gasteiger partial charge on any atom is 0.433 e. The first-order valence-corrected chi connectivity index (χ1v) is 10.2. The van der Waals surface area contributed by atoms with E-state index < -0.39 is 5.23 Å². The lowest BCUT2D eigenvalue weighted by atomic mass is 10.1. The van der Waals surface area contributed by atoms with Gasteiger partial charge in [0.15, 0.2) is 17.2 Å². The highest BCUT2D eigenvalue weighted by Crippen LogP contribution is 2.38. The average molecular weight is 510 g/mol. The van der Waals surface area contributed by atoms with E-state index in [0.29, 0.717) is 16.4 Å². The molecule has 2 N–H and O–H groups in total. The molecule has 156 valence electrons. The van der Waals surface area contributed by atoms with Gasteiger partial charge in [-0.25, -0.2) is 10.0 Å². The van der Waals surface area contributed by atoms with Crippen LogP contribution in [0.4, 0.5) is 5.69 Å². The van der Waals surface area contributed by atoms with Crippen LogP contribution in [0.1, 0.15) is 10.4 Å². The molecule has 2 heterocycles. The van der Waals surface area contributed by atoms with Crippen LogP contribution in [0.5, 0.6) is 11.5 Å². The van der Waals surface area contributed by atoms with Crippen LogP contribution in [0.2, 0.25) is 0 Å². The molecule has 0 bridgehead atoms. The second-order valence-electron chi connectivity index (χ2n) is 6.13. The SMILES string of the molecule is Br.COc1ccc(/C=C2\Sc3scc(-c4ccc([NH+]([O-])O)cc4)[n+]3C2=O)cc1OC. The smallest absolute Gasteiger partial charge is 0.433 e. The summed E-state index contributed by atoms with van der Waals surface area (Å²) in [7, 11) is 3.14. The van der Waals surface area contributed by atoms with Crippen LogP contribution in [-0.2, 0) is 0 Å². The number of benzene rings is 2. The Hall–Kier alpha value is -2.21. The van der Waals surface area contributed by atoms with E-state index in [4.69, 9.17) is 14.7 Å². The molecule has 0 aliphatic carbocycles. The number of allylic oxidation sites excluding steroid dienone is 1. The van der Waals surface area contributed by atoms with Crippen LogP contribution in [0.15, 0.2) is 57.1 Å². The third-order valence-corrected chi connectivity index (χ3v) is 6.57. The molecule has 0 fully saturated rings. The van der Waals surface area contributed by atoms with Crippen LogP contribution in [0, 0.1) is 5.21 Å². The van der Waals surface area contributed by atoms with Crippen molar-refractivity contribution in [2.45, 2.75) is 4.34 Å². The molecule has 1 unspecified atom stereocenters. The molecule has 1 aliphatic rings. The lowest BCUT2D eigenvalue weighted by molar-refractivity contribution is -0.991. The van der Waals surface area contributed by atoms with Gasteiger partial charge in [0.2, 0.25) is 5.69 Å². The molecule has 3 aromatic rings. The highest BCUT2D eigenvalue weighted by molar-refractivity contribution is 8.93. The van der Waals surface area contributed by atoms with Gasteiger partial charge in [0, 0.05) is 29.5 Å². The number of rotatable bonds is 5. The number of nitrogens with zero attached hydrogens (tertiary/aromatic N) is 1. The predicted octanol–water partition coefficient (Wildman–Crippen LogP) is 3.49. The van der Waals surface area contributed by atoms with E-state index in [-0.39, 0.29) is 28.6 Å². The van der Waals surface area contributed by atoms with Crippen molar-refractivity contribution in [2.24, 2.45) is 0 Å². The Bertz CT molecular complexity index is 1110. The zero-order chi connectivity index (χ0) is 20.5. The first kappa shape index (κ1) is 22.5. The summed E-state index contributed by atoms with van der Waals surface area (Å²) in [4.78, 5) is 13.6. The van der Waals surface area contributed by atoms with Crippen LogP contribution in [0.25, 0.3) is 17.3 Å². The largest absolute Gasteiger partial charge is 0.595 e. The summed E-state index contributed by atoms with van der Waals surface area (Å²) in [5.74, 6) is 1.11. The van der Waals surface area contributed by atoms with Gasteiger partial charge < -0.3 is 14.7 Å². The number of methoxy groups -OCH3 is 2. The van der Waals surface area contributed by atoms with Crippen LogP contribution < -0.4 is 19.3 Å². The molecule has 30 heavy (non-hydrogen) atoms. The second kappa shape index (κ2) is 9.29. The van der Waals surface area contributed by atoms with E-state index in [9.17, 15) is 10.0 Å². The molecule has 0 saturated carbocycles. The van der Waals surface area contributed by atoms with Crippen molar-refractivity contribution < 1.29 is 29.3 Å². The predicted molar refractivity (Wildman–Crippen MR) is 120 cm³/mol. The van der Waals surface area contributed by atoms with Gasteiger partial charge >= 0.3 is 10.2 Å². The molecule has 1 aromatic heterocycles. The van der Waals surface area contributed by atoms with Crippen molar-refractivity contribution in [3.8, 4) is 22.8 Å². The van der Waals surface area contributed by atoms with Gasteiger partial charge in [-0.15, -0.1) is 21.5 Å². The maximum atomic E-state index is 13.0. The first-order chi connectivity index (χ1) is 14.0. The Kier molecular flexibility index (Phi) is 6.96. The van der Waals surface area contributed by atoms with Crippen molar-refractivity contribution in [1.29, 1.82) is 0 Å². The number of thiazole rings is 1. The number of thioether (sulfide) groups is 1. The molecular formula is C20H18BrN2O5S2+. The number of hydrogen-bond acceptors (Lipinski definition) is 7. The first-order valence-electron chi connectivity index (χ1n) is 8.55. The number of ether oxygens (including phenoxy) is 2. The molecule has 1 aliphatic heterocycles. The monoisotopic (exact) mass is 509 g/mol. The van der Waals surface area contributed by atoms with Crippen LogP contribution >= 0.6 is 40.1 Å². The molecular weight excluding hydrogens is 492 g/mol. The summed E-state index contributed by atoms with van der Waals surface area (Å²) >= 11 is 2.89. The van der Waals surface area contributed by atoms with Gasteiger partial charge in [-0.1, -0.05) is 17.4 Å². The number of fused-ring (bicyclic) bond motifs is 1. The third kappa shape index (κ3) is 4.15. The Balaban J connectivity index is 0.00000256. The van der Waals surface area contributed by atoms with Crippen LogP contribution in [0.3, 0.4) is 0 Å². The summed E-state index contributed by atoms with van der Waals surface area (Å²) in [6.07, 6.45) is 1.83. The van der Waals surface area contributed by atoms with Crippen molar-refractivity contribution in [3.63, 3.8) is 0 Å². The van der Waals surface area contributed by atoms with Crippen molar-refractivity contribution >= 4 is 57.8 Å². The highest BCUT2D eigenvalue weighted by atomic mass is 79.9. The normalized spacial score (nSPS) is 14.9. The standard InChI is InChI=1S/C20H17N2O5S2.BrH/c1-26-16-8-3-12(9-17(16)27-2)10-18-19(23)21-15(11-28-20(21)29-18)13-4-6-14(7-5-13)22(24)25;/h3-11,22,24H,1-2H3;1H/q+1;/b18-10-;. The fourth-order valence-corrected chi connectivity index (χ4v) is 5.17. The lowest BCUT2D eigenvalue weighted by Crippen LogP contribution is -2.99. The van der Waals surface area contributed by atoms with Crippen molar-refractivity contribution in [1.82, 2.24) is 0 Å². The zero-order valence-corrected chi connectivity index (χ0v) is 19.3. The molecule has 0 amide bonds. The minimum Gasteiger partial charge on any atom is -0.595 e. The zero-order valence-electron chi connectivity index (χ0n) is 15.9. The molecule has 7 nitrogen and oxygen atoms in total. The fourth-order valence-electron chi connectivity index (χ4n) is 2.99. The fraction of sp³-hybridized carbons (Fsp3) is 0.100. The van der Waals surface area contributed by atoms with E-state index in [1.54, 1.807) is 37.0 Å². The van der Waals surface area contributed by atoms with Gasteiger partial charge in [0.1, 0.15) is 4.91 Å². The van der Waals surface area contributed by atoms with Gasteiger partial charge in [0.25, 0.3) is 0 Å². The molecule has 4 rings (SSSR count). The number of carbonyl (C=O) groups is 1. The summed E-state index contributed by atoms with van der Waals surface area (Å²) in [5.41, 5.74) is 2.58. The minimum atomic E-state index is -0.980. The summed E-state index contributed by atoms with van der Waals surface area (Å²) in [6.45, 7) is 0. The summed E-state index contributed by atoms with van der Waals surface area (Å²) < 4.78 is 13.1. The van der Waals surface area contributed by atoms with Crippen molar-refractivity contribution in [2.75, 3.05) is 14.2 Å². The number of aromatic nitrogens is 1. The van der Waals surface area contributed by atoms with Gasteiger partial charge in [-0.3, -0.25) is 0 Å². The molecule has 0 spiro atoms. The van der Waals surface area contributed by atoms with E-state index in [2.05, 4.69) is 0 Å². The van der Waals surface area contributed by atoms with Crippen molar-refractivity contribution in [3.05, 3.63) is 63.5 Å². The number of halogens is 1. The topological polar surface area (TPSA) is 87.1 Å². The van der Waals surface area contributed by atoms with E-state index >= 15 is 0 Å². The average Bonchev–Trinajstić information content (AvgIpc) is 3.28. The van der Waals surface area contributed by atoms with E-state index in [1.165, 1.54) is 35.2 Å². The Morgan fingerprint density at radius 3 is 2.43 bits per heavy atom.